The highest BCUT2D eigenvalue weighted by Gasteiger charge is 2.12. The molecule has 0 saturated carbocycles. The van der Waals surface area contributed by atoms with Crippen molar-refractivity contribution < 1.29 is 4.79 Å². The number of amides is 1. The zero-order valence-corrected chi connectivity index (χ0v) is 17.1. The summed E-state index contributed by atoms with van der Waals surface area (Å²) >= 11 is 6.44. The van der Waals surface area contributed by atoms with E-state index in [2.05, 4.69) is 24.3 Å². The SMILES string of the molecule is Cc1nn(CC(C)C)c(Cl)c1/C=C/C(=O)Nc1ccccc1-c1ccccc1. The maximum absolute atomic E-state index is 12.5. The number of hydrogen-bond acceptors (Lipinski definition) is 2. The molecule has 5 heteroatoms. The maximum Gasteiger partial charge on any atom is 0.248 e. The number of nitrogens with one attached hydrogen (secondary N) is 1. The van der Waals surface area contributed by atoms with Gasteiger partial charge in [-0.15, -0.1) is 0 Å². The molecular formula is C23H24ClN3O. The van der Waals surface area contributed by atoms with Gasteiger partial charge < -0.3 is 5.32 Å². The predicted molar refractivity (Wildman–Crippen MR) is 116 cm³/mol. The Kier molecular flexibility index (Phi) is 6.32. The molecule has 0 spiro atoms. The maximum atomic E-state index is 12.5. The number of rotatable bonds is 6. The summed E-state index contributed by atoms with van der Waals surface area (Å²) in [5.41, 5.74) is 4.37. The van der Waals surface area contributed by atoms with Gasteiger partial charge in [-0.05, 0) is 30.5 Å². The van der Waals surface area contributed by atoms with Gasteiger partial charge >= 0.3 is 0 Å². The normalized spacial score (nSPS) is 11.3. The molecule has 0 bridgehead atoms. The number of hydrogen-bond donors (Lipinski definition) is 1. The highest BCUT2D eigenvalue weighted by Crippen LogP contribution is 2.28. The van der Waals surface area contributed by atoms with Crippen molar-refractivity contribution in [1.82, 2.24) is 9.78 Å². The van der Waals surface area contributed by atoms with Gasteiger partial charge in [0.15, 0.2) is 0 Å². The van der Waals surface area contributed by atoms with E-state index >= 15 is 0 Å². The fraction of sp³-hybridized carbons (Fsp3) is 0.217. The van der Waals surface area contributed by atoms with Crippen LogP contribution >= 0.6 is 11.6 Å². The van der Waals surface area contributed by atoms with Gasteiger partial charge in [-0.1, -0.05) is 74.0 Å². The molecule has 1 N–H and O–H groups in total. The van der Waals surface area contributed by atoms with Gasteiger partial charge in [0, 0.05) is 29.4 Å². The summed E-state index contributed by atoms with van der Waals surface area (Å²) in [4.78, 5) is 12.5. The number of carbonyl (C=O) groups excluding carboxylic acids is 1. The van der Waals surface area contributed by atoms with Crippen molar-refractivity contribution in [2.45, 2.75) is 27.3 Å². The van der Waals surface area contributed by atoms with Gasteiger partial charge in [0.25, 0.3) is 0 Å². The van der Waals surface area contributed by atoms with Crippen molar-refractivity contribution in [2.75, 3.05) is 5.32 Å². The molecule has 3 aromatic rings. The van der Waals surface area contributed by atoms with Crippen molar-refractivity contribution in [1.29, 1.82) is 0 Å². The van der Waals surface area contributed by atoms with E-state index in [9.17, 15) is 4.79 Å². The first-order chi connectivity index (χ1) is 13.5. The van der Waals surface area contributed by atoms with Crippen LogP contribution in [0.15, 0.2) is 60.7 Å². The number of anilines is 1. The summed E-state index contributed by atoms with van der Waals surface area (Å²) in [6, 6.07) is 17.7. The molecule has 0 radical (unpaired) electrons. The predicted octanol–water partition coefficient (Wildman–Crippen LogP) is 5.82. The first-order valence-corrected chi connectivity index (χ1v) is 9.70. The topological polar surface area (TPSA) is 46.9 Å². The fourth-order valence-electron chi connectivity index (χ4n) is 3.02. The molecule has 1 heterocycles. The Labute approximate surface area is 170 Å². The Morgan fingerprint density at radius 2 is 1.82 bits per heavy atom. The fourth-order valence-corrected chi connectivity index (χ4v) is 3.32. The number of nitrogens with zero attached hydrogens (tertiary/aromatic N) is 2. The van der Waals surface area contributed by atoms with E-state index in [1.54, 1.807) is 10.8 Å². The van der Waals surface area contributed by atoms with Crippen molar-refractivity contribution in [3.8, 4) is 11.1 Å². The quantitative estimate of drug-likeness (QED) is 0.536. The number of halogens is 1. The average molecular weight is 394 g/mol. The van der Waals surface area contributed by atoms with Gasteiger partial charge in [0.1, 0.15) is 5.15 Å². The molecule has 0 fully saturated rings. The highest BCUT2D eigenvalue weighted by atomic mass is 35.5. The third kappa shape index (κ3) is 4.70. The minimum Gasteiger partial charge on any atom is -0.322 e. The van der Waals surface area contributed by atoms with Crippen LogP contribution in [0.3, 0.4) is 0 Å². The second-order valence-electron chi connectivity index (χ2n) is 7.10. The number of aromatic nitrogens is 2. The zero-order chi connectivity index (χ0) is 20.1. The molecule has 0 unspecified atom stereocenters. The third-order valence-corrected chi connectivity index (χ3v) is 4.72. The van der Waals surface area contributed by atoms with E-state index in [0.29, 0.717) is 11.1 Å². The Morgan fingerprint density at radius 3 is 2.54 bits per heavy atom. The van der Waals surface area contributed by atoms with Crippen molar-refractivity contribution >= 4 is 29.3 Å². The van der Waals surface area contributed by atoms with E-state index in [4.69, 9.17) is 11.6 Å². The Hall–Kier alpha value is -2.85. The van der Waals surface area contributed by atoms with Gasteiger partial charge in [-0.3, -0.25) is 9.48 Å². The van der Waals surface area contributed by atoms with Crippen LogP contribution < -0.4 is 5.32 Å². The summed E-state index contributed by atoms with van der Waals surface area (Å²) in [6.07, 6.45) is 3.22. The first kappa shape index (κ1) is 19.9. The van der Waals surface area contributed by atoms with Crippen LogP contribution in [-0.2, 0) is 11.3 Å². The lowest BCUT2D eigenvalue weighted by Crippen LogP contribution is -2.08. The van der Waals surface area contributed by atoms with E-state index < -0.39 is 0 Å². The van der Waals surface area contributed by atoms with Crippen LogP contribution in [0.2, 0.25) is 5.15 Å². The Balaban J connectivity index is 1.78. The Bertz CT molecular complexity index is 990. The van der Waals surface area contributed by atoms with E-state index in [1.807, 2.05) is 61.5 Å². The van der Waals surface area contributed by atoms with E-state index in [0.717, 1.165) is 34.6 Å². The lowest BCUT2D eigenvalue weighted by molar-refractivity contribution is -0.111. The molecule has 0 atom stereocenters. The van der Waals surface area contributed by atoms with Crippen LogP contribution in [0.5, 0.6) is 0 Å². The Morgan fingerprint density at radius 1 is 1.14 bits per heavy atom. The minimum absolute atomic E-state index is 0.213. The van der Waals surface area contributed by atoms with Gasteiger partial charge in [0.05, 0.1) is 5.69 Å². The molecule has 0 aliphatic rings. The van der Waals surface area contributed by atoms with Crippen LogP contribution in [0.1, 0.15) is 25.1 Å². The second-order valence-corrected chi connectivity index (χ2v) is 7.46. The number of benzene rings is 2. The van der Waals surface area contributed by atoms with Crippen LogP contribution in [0, 0.1) is 12.8 Å². The molecule has 2 aromatic carbocycles. The summed E-state index contributed by atoms with van der Waals surface area (Å²) < 4.78 is 1.78. The van der Waals surface area contributed by atoms with Crippen LogP contribution in [0.4, 0.5) is 5.69 Å². The highest BCUT2D eigenvalue weighted by molar-refractivity contribution is 6.31. The smallest absolute Gasteiger partial charge is 0.248 e. The molecule has 28 heavy (non-hydrogen) atoms. The van der Waals surface area contributed by atoms with E-state index in [-0.39, 0.29) is 5.91 Å². The second kappa shape index (κ2) is 8.89. The van der Waals surface area contributed by atoms with E-state index in [1.165, 1.54) is 6.08 Å². The molecule has 0 saturated heterocycles. The molecule has 1 aromatic heterocycles. The van der Waals surface area contributed by atoms with Crippen molar-refractivity contribution in [2.24, 2.45) is 5.92 Å². The zero-order valence-electron chi connectivity index (χ0n) is 16.3. The lowest BCUT2D eigenvalue weighted by Gasteiger charge is -2.10. The third-order valence-electron chi connectivity index (χ3n) is 4.32. The standard InChI is InChI=1S/C23H24ClN3O/c1-16(2)15-27-23(24)19(17(3)26-27)13-14-22(28)25-21-12-8-7-11-20(21)18-9-5-4-6-10-18/h4-14,16H,15H2,1-3H3,(H,25,28)/b14-13+. The van der Waals surface area contributed by atoms with Crippen molar-refractivity contribution in [3.05, 3.63) is 77.1 Å². The van der Waals surface area contributed by atoms with Crippen LogP contribution in [-0.4, -0.2) is 15.7 Å². The molecular weight excluding hydrogens is 370 g/mol. The van der Waals surface area contributed by atoms with Gasteiger partial charge in [0.2, 0.25) is 5.91 Å². The van der Waals surface area contributed by atoms with Crippen molar-refractivity contribution in [3.63, 3.8) is 0 Å². The first-order valence-electron chi connectivity index (χ1n) is 9.32. The number of carbonyl (C=O) groups is 1. The van der Waals surface area contributed by atoms with Gasteiger partial charge in [-0.25, -0.2) is 0 Å². The summed E-state index contributed by atoms with van der Waals surface area (Å²) in [7, 11) is 0. The average Bonchev–Trinajstić information content (AvgIpc) is 2.93. The molecule has 0 aliphatic carbocycles. The molecule has 0 aliphatic heterocycles. The molecule has 144 valence electrons. The van der Waals surface area contributed by atoms with Gasteiger partial charge in [-0.2, -0.15) is 5.10 Å². The summed E-state index contributed by atoms with van der Waals surface area (Å²) in [6.45, 7) is 6.86. The minimum atomic E-state index is -0.213. The molecule has 4 nitrogen and oxygen atoms in total. The van der Waals surface area contributed by atoms with Crippen LogP contribution in [0.25, 0.3) is 17.2 Å². The largest absolute Gasteiger partial charge is 0.322 e. The summed E-state index contributed by atoms with van der Waals surface area (Å²) in [5.74, 6) is 0.224. The summed E-state index contributed by atoms with van der Waals surface area (Å²) in [5, 5.41) is 7.98. The number of para-hydroxylation sites is 1. The monoisotopic (exact) mass is 393 g/mol. The molecule has 1 amide bonds. The number of aryl methyl sites for hydroxylation is 1. The lowest BCUT2D eigenvalue weighted by atomic mass is 10.0. The molecule has 3 rings (SSSR count).